The lowest BCUT2D eigenvalue weighted by Gasteiger charge is -2.41. The SMILES string of the molecule is CC(=CCNC1(CO)CCC1)C(=O)O. The lowest BCUT2D eigenvalue weighted by molar-refractivity contribution is -0.132. The molecular weight excluding hydrogens is 182 g/mol. The van der Waals surface area contributed by atoms with Crippen molar-refractivity contribution in [1.82, 2.24) is 5.32 Å². The number of hydrogen-bond donors (Lipinski definition) is 3. The fourth-order valence-electron chi connectivity index (χ4n) is 1.50. The van der Waals surface area contributed by atoms with Crippen molar-refractivity contribution in [2.45, 2.75) is 31.7 Å². The molecule has 4 heteroatoms. The third kappa shape index (κ3) is 2.56. The van der Waals surface area contributed by atoms with Crippen LogP contribution in [0.25, 0.3) is 0 Å². The molecule has 0 unspecified atom stereocenters. The van der Waals surface area contributed by atoms with E-state index < -0.39 is 5.97 Å². The first-order valence-corrected chi connectivity index (χ1v) is 4.86. The van der Waals surface area contributed by atoms with Gasteiger partial charge in [-0.2, -0.15) is 0 Å². The Labute approximate surface area is 83.6 Å². The summed E-state index contributed by atoms with van der Waals surface area (Å²) in [5.74, 6) is -0.890. The molecule has 14 heavy (non-hydrogen) atoms. The van der Waals surface area contributed by atoms with Crippen LogP contribution < -0.4 is 5.32 Å². The van der Waals surface area contributed by atoms with Gasteiger partial charge in [0.1, 0.15) is 0 Å². The summed E-state index contributed by atoms with van der Waals surface area (Å²) in [7, 11) is 0. The van der Waals surface area contributed by atoms with Crippen LogP contribution in [0.15, 0.2) is 11.6 Å². The van der Waals surface area contributed by atoms with Crippen molar-refractivity contribution in [3.8, 4) is 0 Å². The Bertz CT molecular complexity index is 238. The van der Waals surface area contributed by atoms with Crippen molar-refractivity contribution in [3.63, 3.8) is 0 Å². The molecule has 0 heterocycles. The van der Waals surface area contributed by atoms with E-state index in [1.165, 1.54) is 0 Å². The third-order valence-electron chi connectivity index (χ3n) is 2.84. The summed E-state index contributed by atoms with van der Waals surface area (Å²) in [5, 5.41) is 20.9. The van der Waals surface area contributed by atoms with Gasteiger partial charge < -0.3 is 15.5 Å². The summed E-state index contributed by atoms with van der Waals surface area (Å²) < 4.78 is 0. The van der Waals surface area contributed by atoms with Gasteiger partial charge in [0.25, 0.3) is 0 Å². The molecule has 0 saturated heterocycles. The van der Waals surface area contributed by atoms with E-state index in [9.17, 15) is 4.79 Å². The normalized spacial score (nSPS) is 20.3. The van der Waals surface area contributed by atoms with E-state index in [0.717, 1.165) is 19.3 Å². The van der Waals surface area contributed by atoms with Crippen molar-refractivity contribution < 1.29 is 15.0 Å². The Morgan fingerprint density at radius 3 is 2.57 bits per heavy atom. The van der Waals surface area contributed by atoms with Crippen LogP contribution in [-0.2, 0) is 4.79 Å². The molecule has 0 aromatic heterocycles. The molecule has 0 aliphatic heterocycles. The van der Waals surface area contributed by atoms with E-state index in [1.54, 1.807) is 13.0 Å². The summed E-state index contributed by atoms with van der Waals surface area (Å²) in [6, 6.07) is 0. The first-order chi connectivity index (χ1) is 6.59. The maximum atomic E-state index is 10.5. The molecule has 0 bridgehead atoms. The van der Waals surface area contributed by atoms with Gasteiger partial charge in [0, 0.05) is 17.7 Å². The van der Waals surface area contributed by atoms with Crippen LogP contribution in [0.1, 0.15) is 26.2 Å². The van der Waals surface area contributed by atoms with Crippen molar-refractivity contribution in [1.29, 1.82) is 0 Å². The Morgan fingerprint density at radius 1 is 1.57 bits per heavy atom. The number of aliphatic carboxylic acids is 1. The van der Waals surface area contributed by atoms with E-state index in [1.807, 2.05) is 0 Å². The van der Waals surface area contributed by atoms with Gasteiger partial charge in [-0.25, -0.2) is 4.79 Å². The highest BCUT2D eigenvalue weighted by Crippen LogP contribution is 2.30. The topological polar surface area (TPSA) is 69.6 Å². The quantitative estimate of drug-likeness (QED) is 0.565. The molecule has 1 aliphatic rings. The maximum Gasteiger partial charge on any atom is 0.330 e. The summed E-state index contributed by atoms with van der Waals surface area (Å²) in [4.78, 5) is 10.5. The molecule has 1 rings (SSSR count). The second kappa shape index (κ2) is 4.57. The molecule has 0 aromatic carbocycles. The van der Waals surface area contributed by atoms with E-state index in [-0.39, 0.29) is 12.1 Å². The largest absolute Gasteiger partial charge is 0.478 e. The summed E-state index contributed by atoms with van der Waals surface area (Å²) in [6.45, 7) is 2.21. The van der Waals surface area contributed by atoms with Crippen molar-refractivity contribution in [3.05, 3.63) is 11.6 Å². The molecule has 80 valence electrons. The Balaban J connectivity index is 2.33. The number of nitrogens with one attached hydrogen (secondary N) is 1. The van der Waals surface area contributed by atoms with Crippen LogP contribution in [0.3, 0.4) is 0 Å². The molecule has 0 atom stereocenters. The first kappa shape index (κ1) is 11.2. The minimum absolute atomic E-state index is 0.132. The van der Waals surface area contributed by atoms with Gasteiger partial charge in [-0.05, 0) is 26.2 Å². The van der Waals surface area contributed by atoms with Crippen LogP contribution in [0, 0.1) is 0 Å². The molecule has 0 spiro atoms. The van der Waals surface area contributed by atoms with E-state index in [0.29, 0.717) is 12.1 Å². The second-order valence-electron chi connectivity index (χ2n) is 3.87. The zero-order chi connectivity index (χ0) is 10.6. The van der Waals surface area contributed by atoms with Gasteiger partial charge in [0.15, 0.2) is 0 Å². The predicted octanol–water partition coefficient (Wildman–Crippen LogP) is 0.522. The molecule has 1 fully saturated rings. The molecular formula is C10H17NO3. The van der Waals surface area contributed by atoms with E-state index in [2.05, 4.69) is 5.32 Å². The Morgan fingerprint density at radius 2 is 2.21 bits per heavy atom. The number of carboxylic acids is 1. The van der Waals surface area contributed by atoms with Gasteiger partial charge in [-0.1, -0.05) is 6.08 Å². The monoisotopic (exact) mass is 199 g/mol. The fourth-order valence-corrected chi connectivity index (χ4v) is 1.50. The lowest BCUT2D eigenvalue weighted by atomic mass is 9.77. The van der Waals surface area contributed by atoms with E-state index in [4.69, 9.17) is 10.2 Å². The summed E-state index contributed by atoms with van der Waals surface area (Å²) >= 11 is 0. The van der Waals surface area contributed by atoms with Gasteiger partial charge in [0.2, 0.25) is 0 Å². The molecule has 0 aromatic rings. The first-order valence-electron chi connectivity index (χ1n) is 4.86. The molecule has 4 nitrogen and oxygen atoms in total. The minimum atomic E-state index is -0.890. The number of aliphatic hydroxyl groups excluding tert-OH is 1. The number of carboxylic acid groups (broad SMARTS) is 1. The smallest absolute Gasteiger partial charge is 0.330 e. The zero-order valence-corrected chi connectivity index (χ0v) is 8.42. The Kier molecular flexibility index (Phi) is 3.66. The van der Waals surface area contributed by atoms with Gasteiger partial charge >= 0.3 is 5.97 Å². The molecule has 0 amide bonds. The molecule has 3 N–H and O–H groups in total. The van der Waals surface area contributed by atoms with Crippen LogP contribution in [-0.4, -0.2) is 34.9 Å². The number of carbonyl (C=O) groups is 1. The van der Waals surface area contributed by atoms with Crippen LogP contribution in [0.2, 0.25) is 0 Å². The predicted molar refractivity (Wildman–Crippen MR) is 53.1 cm³/mol. The number of aliphatic hydroxyl groups is 1. The van der Waals surface area contributed by atoms with Crippen molar-refractivity contribution >= 4 is 5.97 Å². The zero-order valence-electron chi connectivity index (χ0n) is 8.42. The van der Waals surface area contributed by atoms with E-state index >= 15 is 0 Å². The van der Waals surface area contributed by atoms with Gasteiger partial charge in [-0.15, -0.1) is 0 Å². The highest BCUT2D eigenvalue weighted by molar-refractivity contribution is 5.85. The van der Waals surface area contributed by atoms with Crippen molar-refractivity contribution in [2.75, 3.05) is 13.2 Å². The Hall–Kier alpha value is -0.870. The minimum Gasteiger partial charge on any atom is -0.478 e. The molecule has 0 radical (unpaired) electrons. The second-order valence-corrected chi connectivity index (χ2v) is 3.87. The highest BCUT2D eigenvalue weighted by Gasteiger charge is 2.35. The molecule has 1 aliphatic carbocycles. The van der Waals surface area contributed by atoms with Crippen LogP contribution in [0.4, 0.5) is 0 Å². The van der Waals surface area contributed by atoms with Crippen LogP contribution >= 0.6 is 0 Å². The summed E-state index contributed by atoms with van der Waals surface area (Å²) in [5.41, 5.74) is 0.194. The third-order valence-corrected chi connectivity index (χ3v) is 2.84. The highest BCUT2D eigenvalue weighted by atomic mass is 16.4. The average molecular weight is 199 g/mol. The van der Waals surface area contributed by atoms with Crippen LogP contribution in [0.5, 0.6) is 0 Å². The number of hydrogen-bond acceptors (Lipinski definition) is 3. The summed E-state index contributed by atoms with van der Waals surface area (Å²) in [6.07, 6.45) is 4.72. The fraction of sp³-hybridized carbons (Fsp3) is 0.700. The van der Waals surface area contributed by atoms with Crippen molar-refractivity contribution in [2.24, 2.45) is 0 Å². The van der Waals surface area contributed by atoms with Gasteiger partial charge in [-0.3, -0.25) is 0 Å². The maximum absolute atomic E-state index is 10.5. The van der Waals surface area contributed by atoms with Gasteiger partial charge in [0.05, 0.1) is 6.61 Å². The number of rotatable bonds is 5. The standard InChI is InChI=1S/C10H17NO3/c1-8(9(13)14)3-6-11-10(7-12)4-2-5-10/h3,11-12H,2,4-7H2,1H3,(H,13,14). The molecule has 1 saturated carbocycles. The average Bonchev–Trinajstić information content (AvgIpc) is 2.09. The lowest BCUT2D eigenvalue weighted by Crippen LogP contribution is -2.53.